The Bertz CT molecular complexity index is 1610. The molecule has 3 aromatic carbocycles. The molecule has 2 aromatic heterocycles. The number of carbonyl (C=O) groups is 1. The number of hydrogen-bond donors (Lipinski definition) is 1. The van der Waals surface area contributed by atoms with Gasteiger partial charge in [0.1, 0.15) is 24.0 Å². The molecule has 0 saturated heterocycles. The number of nitrogens with zero attached hydrogens (tertiary/aromatic N) is 3. The van der Waals surface area contributed by atoms with E-state index < -0.39 is 11.4 Å². The van der Waals surface area contributed by atoms with Crippen LogP contribution >= 0.6 is 15.9 Å². The highest BCUT2D eigenvalue weighted by Gasteiger charge is 2.30. The summed E-state index contributed by atoms with van der Waals surface area (Å²) in [5, 5.41) is 10.4. The van der Waals surface area contributed by atoms with Crippen LogP contribution in [-0.2, 0) is 24.4 Å². The van der Waals surface area contributed by atoms with Crippen molar-refractivity contribution < 1.29 is 19.0 Å². The molecule has 5 rings (SSSR count). The number of halogens is 2. The lowest BCUT2D eigenvalue weighted by atomic mass is 9.89. The molecule has 188 valence electrons. The van der Waals surface area contributed by atoms with Gasteiger partial charge < -0.3 is 14.4 Å². The zero-order valence-electron chi connectivity index (χ0n) is 20.4. The largest absolute Gasteiger partial charge is 0.487 e. The standard InChI is InChI=1S/C29H25BrFN3O3/c1-29(2,28(35)36)15-27-33-25-14-23(10-12-26(25)34(27)16-18-3-6-20(30)7-4-18)37-17-22-9-5-19-13-21(31)8-11-24(19)32-22/h3-14H,15-17H2,1-2H3,(H,35,36). The minimum absolute atomic E-state index is 0.247. The van der Waals surface area contributed by atoms with Crippen molar-refractivity contribution in [2.45, 2.75) is 33.4 Å². The average molecular weight is 562 g/mol. The molecule has 0 unspecified atom stereocenters. The molecule has 6 nitrogen and oxygen atoms in total. The highest BCUT2D eigenvalue weighted by molar-refractivity contribution is 9.10. The van der Waals surface area contributed by atoms with Crippen LogP contribution in [-0.4, -0.2) is 25.6 Å². The first kappa shape index (κ1) is 24.9. The molecule has 0 radical (unpaired) electrons. The zero-order chi connectivity index (χ0) is 26.2. The summed E-state index contributed by atoms with van der Waals surface area (Å²) in [6, 6.07) is 21.9. The van der Waals surface area contributed by atoms with E-state index in [2.05, 4.69) is 25.5 Å². The van der Waals surface area contributed by atoms with E-state index in [1.165, 1.54) is 12.1 Å². The summed E-state index contributed by atoms with van der Waals surface area (Å²) in [6.45, 7) is 4.23. The van der Waals surface area contributed by atoms with Crippen LogP contribution in [0.25, 0.3) is 21.9 Å². The van der Waals surface area contributed by atoms with E-state index in [9.17, 15) is 14.3 Å². The Balaban J connectivity index is 1.43. The molecule has 0 aliphatic heterocycles. The SMILES string of the molecule is CC(C)(Cc1nc2cc(OCc3ccc4cc(F)ccc4n3)ccc2n1Cc1ccc(Br)cc1)C(=O)O. The lowest BCUT2D eigenvalue weighted by molar-refractivity contribution is -0.146. The first-order valence-corrected chi connectivity index (χ1v) is 12.6. The Labute approximate surface area is 221 Å². The molecule has 8 heteroatoms. The van der Waals surface area contributed by atoms with E-state index in [1.807, 2.05) is 54.6 Å². The van der Waals surface area contributed by atoms with Gasteiger partial charge in [-0.25, -0.2) is 14.4 Å². The van der Waals surface area contributed by atoms with Crippen LogP contribution in [0.15, 0.2) is 77.3 Å². The number of aliphatic carboxylic acids is 1. The maximum atomic E-state index is 13.4. The molecule has 0 atom stereocenters. The van der Waals surface area contributed by atoms with Crippen LogP contribution in [0.2, 0.25) is 0 Å². The van der Waals surface area contributed by atoms with Crippen LogP contribution in [0.4, 0.5) is 4.39 Å². The molecule has 5 aromatic rings. The van der Waals surface area contributed by atoms with E-state index in [1.54, 1.807) is 19.9 Å². The highest BCUT2D eigenvalue weighted by atomic mass is 79.9. The third-order valence-electron chi connectivity index (χ3n) is 6.33. The molecule has 0 aliphatic carbocycles. The van der Waals surface area contributed by atoms with Crippen molar-refractivity contribution in [2.24, 2.45) is 5.41 Å². The molecule has 0 saturated carbocycles. The van der Waals surface area contributed by atoms with E-state index >= 15 is 0 Å². The number of carboxylic acids is 1. The van der Waals surface area contributed by atoms with E-state index in [4.69, 9.17) is 9.72 Å². The topological polar surface area (TPSA) is 77.2 Å². The van der Waals surface area contributed by atoms with Crippen LogP contribution in [0.3, 0.4) is 0 Å². The molecular weight excluding hydrogens is 537 g/mol. The van der Waals surface area contributed by atoms with E-state index in [0.717, 1.165) is 32.1 Å². The lowest BCUT2D eigenvalue weighted by Gasteiger charge is -2.19. The lowest BCUT2D eigenvalue weighted by Crippen LogP contribution is -2.27. The van der Waals surface area contributed by atoms with Gasteiger partial charge in [0, 0.05) is 28.9 Å². The van der Waals surface area contributed by atoms with Crippen LogP contribution < -0.4 is 4.74 Å². The molecule has 37 heavy (non-hydrogen) atoms. The molecule has 0 bridgehead atoms. The maximum Gasteiger partial charge on any atom is 0.309 e. The summed E-state index contributed by atoms with van der Waals surface area (Å²) >= 11 is 3.47. The number of rotatable bonds is 8. The predicted octanol–water partition coefficient (Wildman–Crippen LogP) is 6.77. The first-order chi connectivity index (χ1) is 17.7. The number of imidazole rings is 1. The summed E-state index contributed by atoms with van der Waals surface area (Å²) in [7, 11) is 0. The zero-order valence-corrected chi connectivity index (χ0v) is 22.0. The Hall–Kier alpha value is -3.78. The van der Waals surface area contributed by atoms with Crippen LogP contribution in [0.1, 0.15) is 30.9 Å². The second kappa shape index (κ2) is 9.94. The van der Waals surface area contributed by atoms with Crippen molar-refractivity contribution in [3.05, 3.63) is 100 Å². The van der Waals surface area contributed by atoms with Crippen molar-refractivity contribution in [1.29, 1.82) is 0 Å². The quantitative estimate of drug-likeness (QED) is 0.226. The van der Waals surface area contributed by atoms with Gasteiger partial charge in [0.15, 0.2) is 0 Å². The fourth-order valence-electron chi connectivity index (χ4n) is 4.18. The molecule has 0 amide bonds. The Morgan fingerprint density at radius 3 is 2.54 bits per heavy atom. The fourth-order valence-corrected chi connectivity index (χ4v) is 4.44. The number of aromatic nitrogens is 3. The van der Waals surface area contributed by atoms with Crippen molar-refractivity contribution in [3.8, 4) is 5.75 Å². The van der Waals surface area contributed by atoms with Gasteiger partial charge in [-0.15, -0.1) is 0 Å². The Morgan fingerprint density at radius 1 is 1.00 bits per heavy atom. The van der Waals surface area contributed by atoms with Gasteiger partial charge in [-0.05, 0) is 67.9 Å². The van der Waals surface area contributed by atoms with E-state index in [0.29, 0.717) is 23.6 Å². The predicted molar refractivity (Wildman–Crippen MR) is 144 cm³/mol. The van der Waals surface area contributed by atoms with Gasteiger partial charge in [0.25, 0.3) is 0 Å². The number of ether oxygens (including phenoxy) is 1. The summed E-state index contributed by atoms with van der Waals surface area (Å²) in [4.78, 5) is 21.2. The Morgan fingerprint density at radius 2 is 1.78 bits per heavy atom. The van der Waals surface area contributed by atoms with Gasteiger partial charge in [-0.1, -0.05) is 34.1 Å². The first-order valence-electron chi connectivity index (χ1n) is 11.8. The summed E-state index contributed by atoms with van der Waals surface area (Å²) in [6.07, 6.45) is 0.283. The van der Waals surface area contributed by atoms with Crippen molar-refractivity contribution in [2.75, 3.05) is 0 Å². The van der Waals surface area contributed by atoms with Crippen molar-refractivity contribution in [1.82, 2.24) is 14.5 Å². The molecule has 0 aliphatic rings. The normalized spacial score (nSPS) is 11.8. The third kappa shape index (κ3) is 5.49. The van der Waals surface area contributed by atoms with Crippen molar-refractivity contribution >= 4 is 43.8 Å². The molecule has 0 fully saturated rings. The van der Waals surface area contributed by atoms with Crippen LogP contribution in [0, 0.1) is 11.2 Å². The smallest absolute Gasteiger partial charge is 0.309 e. The maximum absolute atomic E-state index is 13.4. The molecular formula is C29H25BrFN3O3. The minimum Gasteiger partial charge on any atom is -0.487 e. The molecule has 1 N–H and O–H groups in total. The average Bonchev–Trinajstić information content (AvgIpc) is 3.19. The second-order valence-corrected chi connectivity index (χ2v) is 10.6. The molecule has 2 heterocycles. The number of hydrogen-bond acceptors (Lipinski definition) is 4. The monoisotopic (exact) mass is 561 g/mol. The molecule has 0 spiro atoms. The fraction of sp³-hybridized carbons (Fsp3) is 0.207. The summed E-state index contributed by atoms with van der Waals surface area (Å²) in [5.41, 5.74) is 3.17. The number of fused-ring (bicyclic) bond motifs is 2. The van der Waals surface area contributed by atoms with Gasteiger partial charge in [0.05, 0.1) is 27.7 Å². The second-order valence-electron chi connectivity index (χ2n) is 9.69. The van der Waals surface area contributed by atoms with Gasteiger partial charge in [0.2, 0.25) is 0 Å². The van der Waals surface area contributed by atoms with Crippen molar-refractivity contribution in [3.63, 3.8) is 0 Å². The minimum atomic E-state index is -0.969. The summed E-state index contributed by atoms with van der Waals surface area (Å²) < 4.78 is 22.5. The highest BCUT2D eigenvalue weighted by Crippen LogP contribution is 2.28. The van der Waals surface area contributed by atoms with E-state index in [-0.39, 0.29) is 18.8 Å². The summed E-state index contributed by atoms with van der Waals surface area (Å²) in [5.74, 6) is 0.165. The van der Waals surface area contributed by atoms with Gasteiger partial charge in [-0.2, -0.15) is 0 Å². The third-order valence-corrected chi connectivity index (χ3v) is 6.86. The van der Waals surface area contributed by atoms with Crippen LogP contribution in [0.5, 0.6) is 5.75 Å². The van der Waals surface area contributed by atoms with Gasteiger partial charge in [-0.3, -0.25) is 4.79 Å². The Kier molecular flexibility index (Phi) is 6.69. The number of carboxylic acid groups (broad SMARTS) is 1. The van der Waals surface area contributed by atoms with Gasteiger partial charge >= 0.3 is 5.97 Å². The number of pyridine rings is 1. The number of benzene rings is 3.